The van der Waals surface area contributed by atoms with E-state index in [4.69, 9.17) is 9.05 Å². The first-order chi connectivity index (χ1) is 16.0. The van der Waals surface area contributed by atoms with Crippen LogP contribution in [0, 0.1) is 0 Å². The number of rotatable bonds is 4. The van der Waals surface area contributed by atoms with Gasteiger partial charge in [0.25, 0.3) is 0 Å². The van der Waals surface area contributed by atoms with Gasteiger partial charge in [-0.25, -0.2) is 4.57 Å². The molecule has 4 aromatic carbocycles. The highest BCUT2D eigenvalue weighted by atomic mass is 31.2. The maximum atomic E-state index is 13.2. The molecule has 3 nitrogen and oxygen atoms in total. The number of fused-ring (bicyclic) bond motifs is 3. The van der Waals surface area contributed by atoms with Crippen molar-refractivity contribution in [3.05, 3.63) is 96.1 Å². The molecule has 1 aliphatic heterocycles. The maximum absolute atomic E-state index is 13.2. The van der Waals surface area contributed by atoms with Crippen molar-refractivity contribution in [1.29, 1.82) is 0 Å². The third-order valence-corrected chi connectivity index (χ3v) is 7.26. The summed E-state index contributed by atoms with van der Waals surface area (Å²) in [6.45, 7) is 5.86. The molecule has 4 heteroatoms. The summed E-state index contributed by atoms with van der Waals surface area (Å²) in [5, 5.41) is 0. The number of benzene rings is 4. The van der Waals surface area contributed by atoms with Crippen LogP contribution in [0.25, 0.3) is 33.4 Å². The lowest BCUT2D eigenvalue weighted by molar-refractivity contribution is 0.399. The van der Waals surface area contributed by atoms with E-state index in [9.17, 15) is 4.57 Å². The van der Waals surface area contributed by atoms with E-state index in [1.54, 1.807) is 6.66 Å². The Balaban J connectivity index is 1.88. The Bertz CT molecular complexity index is 1260. The molecule has 0 saturated heterocycles. The first-order valence-corrected chi connectivity index (χ1v) is 13.4. The largest absolute Gasteiger partial charge is 0.427 e. The fourth-order valence-corrected chi connectivity index (χ4v) is 5.90. The van der Waals surface area contributed by atoms with Gasteiger partial charge in [0.05, 0.1) is 6.66 Å². The molecule has 5 rings (SSSR count). The normalized spacial score (nSPS) is 13.8. The van der Waals surface area contributed by atoms with E-state index >= 15 is 0 Å². The van der Waals surface area contributed by atoms with Crippen LogP contribution in [0.1, 0.15) is 25.0 Å². The van der Waals surface area contributed by atoms with Gasteiger partial charge in [-0.1, -0.05) is 86.6 Å². The van der Waals surface area contributed by atoms with Gasteiger partial charge in [0.15, 0.2) is 0 Å². The Morgan fingerprint density at radius 1 is 0.606 bits per heavy atom. The number of hydrogen-bond donors (Lipinski definition) is 0. The first-order valence-electron chi connectivity index (χ1n) is 11.4. The van der Waals surface area contributed by atoms with Gasteiger partial charge in [0, 0.05) is 11.1 Å². The van der Waals surface area contributed by atoms with E-state index in [0.717, 1.165) is 46.2 Å². The lowest BCUT2D eigenvalue weighted by Gasteiger charge is -2.20. The topological polar surface area (TPSA) is 35.5 Å². The van der Waals surface area contributed by atoms with Gasteiger partial charge in [-0.3, -0.25) is 0 Å². The highest BCUT2D eigenvalue weighted by molar-refractivity contribution is 7.53. The molecule has 0 bridgehead atoms. The summed E-state index contributed by atoms with van der Waals surface area (Å²) in [7, 11) is -3.33. The Kier molecular flexibility index (Phi) is 5.60. The first kappa shape index (κ1) is 21.6. The summed E-state index contributed by atoms with van der Waals surface area (Å²) >= 11 is 0. The minimum Gasteiger partial charge on any atom is -0.416 e. The van der Waals surface area contributed by atoms with Crippen LogP contribution in [0.15, 0.2) is 84.9 Å². The minimum atomic E-state index is -3.33. The molecule has 0 aliphatic carbocycles. The monoisotopic (exact) mass is 454 g/mol. The molecule has 0 N–H and O–H groups in total. The predicted octanol–water partition coefficient (Wildman–Crippen LogP) is 8.41. The van der Waals surface area contributed by atoms with E-state index in [1.807, 2.05) is 24.3 Å². The van der Waals surface area contributed by atoms with Crippen molar-refractivity contribution in [2.24, 2.45) is 0 Å². The summed E-state index contributed by atoms with van der Waals surface area (Å²) in [5.74, 6) is 1.24. The van der Waals surface area contributed by atoms with Gasteiger partial charge >= 0.3 is 7.60 Å². The molecule has 0 radical (unpaired) electrons. The van der Waals surface area contributed by atoms with Crippen molar-refractivity contribution < 1.29 is 13.6 Å². The Morgan fingerprint density at radius 3 is 1.36 bits per heavy atom. The van der Waals surface area contributed by atoms with E-state index in [1.165, 1.54) is 11.1 Å². The second-order valence-electron chi connectivity index (χ2n) is 8.32. The van der Waals surface area contributed by atoms with Crippen LogP contribution in [0.4, 0.5) is 0 Å². The summed E-state index contributed by atoms with van der Waals surface area (Å²) < 4.78 is 25.3. The number of hydrogen-bond acceptors (Lipinski definition) is 3. The molecular formula is C29H27O3P. The van der Waals surface area contributed by atoms with Crippen LogP contribution in [0.5, 0.6) is 11.5 Å². The van der Waals surface area contributed by atoms with Crippen molar-refractivity contribution in [2.75, 3.05) is 6.66 Å². The summed E-state index contributed by atoms with van der Waals surface area (Å²) in [5.41, 5.74) is 8.95. The lowest BCUT2D eigenvalue weighted by atomic mass is 9.84. The zero-order chi connectivity index (χ0) is 23.0. The highest BCUT2D eigenvalue weighted by Gasteiger charge is 2.33. The molecule has 1 heterocycles. The van der Waals surface area contributed by atoms with Crippen LogP contribution in [-0.4, -0.2) is 6.66 Å². The Labute approximate surface area is 195 Å². The Hall–Kier alpha value is -3.29. The van der Waals surface area contributed by atoms with E-state index < -0.39 is 7.60 Å². The molecular weight excluding hydrogens is 427 g/mol. The van der Waals surface area contributed by atoms with E-state index in [2.05, 4.69) is 74.5 Å². The molecule has 0 atom stereocenters. The van der Waals surface area contributed by atoms with Gasteiger partial charge in [-0.05, 0) is 58.4 Å². The molecule has 1 aliphatic rings. The maximum Gasteiger partial charge on any atom is 0.427 e. The van der Waals surface area contributed by atoms with Crippen molar-refractivity contribution >= 4 is 7.60 Å². The average Bonchev–Trinajstić information content (AvgIpc) is 2.96. The third-order valence-electron chi connectivity index (χ3n) is 6.20. The van der Waals surface area contributed by atoms with Crippen LogP contribution >= 0.6 is 7.60 Å². The summed E-state index contributed by atoms with van der Waals surface area (Å²) in [4.78, 5) is 0. The molecule has 0 spiro atoms. The minimum absolute atomic E-state index is 0.621. The van der Waals surface area contributed by atoms with Crippen molar-refractivity contribution in [2.45, 2.75) is 26.7 Å². The van der Waals surface area contributed by atoms with Gasteiger partial charge in [0.2, 0.25) is 0 Å². The van der Waals surface area contributed by atoms with Gasteiger partial charge in [-0.15, -0.1) is 0 Å². The molecule has 0 saturated carbocycles. The van der Waals surface area contributed by atoms with Gasteiger partial charge in [0.1, 0.15) is 11.5 Å². The second kappa shape index (κ2) is 8.57. The summed E-state index contributed by atoms with van der Waals surface area (Å²) in [6.07, 6.45) is 1.62. The van der Waals surface area contributed by atoms with Crippen LogP contribution < -0.4 is 9.05 Å². The average molecular weight is 455 g/mol. The second-order valence-corrected chi connectivity index (χ2v) is 10.2. The molecule has 4 aromatic rings. The SMILES string of the molecule is CCc1c(-c2ccccc2)ccc2c1-c1c(ccc(-c3ccccc3)c1CC)OP(C)(=O)O2. The van der Waals surface area contributed by atoms with Crippen LogP contribution in [0.2, 0.25) is 0 Å². The van der Waals surface area contributed by atoms with Gasteiger partial charge < -0.3 is 9.05 Å². The smallest absolute Gasteiger partial charge is 0.416 e. The summed E-state index contributed by atoms with van der Waals surface area (Å²) in [6, 6.07) is 28.8. The fourth-order valence-electron chi connectivity index (χ4n) is 4.84. The Morgan fingerprint density at radius 2 is 1.00 bits per heavy atom. The standard InChI is InChI=1S/C29H27O3P/c1-4-22-24(20-12-8-6-9-13-20)16-18-26-28(22)29-23(5-2)25(21-14-10-7-11-15-21)17-19-27(29)32-33(3,30)31-26/h6-19H,4-5H2,1-3H3. The third kappa shape index (κ3) is 3.87. The van der Waals surface area contributed by atoms with E-state index in [0.29, 0.717) is 11.5 Å². The molecule has 166 valence electrons. The lowest BCUT2D eigenvalue weighted by Crippen LogP contribution is -1.99. The van der Waals surface area contributed by atoms with E-state index in [-0.39, 0.29) is 0 Å². The fraction of sp³-hybridized carbons (Fsp3) is 0.172. The van der Waals surface area contributed by atoms with Gasteiger partial charge in [-0.2, -0.15) is 0 Å². The van der Waals surface area contributed by atoms with Crippen molar-refractivity contribution in [3.63, 3.8) is 0 Å². The highest BCUT2D eigenvalue weighted by Crippen LogP contribution is 2.57. The van der Waals surface area contributed by atoms with Crippen LogP contribution in [-0.2, 0) is 17.4 Å². The molecule has 0 unspecified atom stereocenters. The molecule has 0 fully saturated rings. The zero-order valence-electron chi connectivity index (χ0n) is 19.2. The molecule has 0 amide bonds. The van der Waals surface area contributed by atoms with Crippen molar-refractivity contribution in [1.82, 2.24) is 0 Å². The van der Waals surface area contributed by atoms with Crippen LogP contribution in [0.3, 0.4) is 0 Å². The van der Waals surface area contributed by atoms with Crippen molar-refractivity contribution in [3.8, 4) is 44.9 Å². The zero-order valence-corrected chi connectivity index (χ0v) is 20.1. The predicted molar refractivity (Wildman–Crippen MR) is 136 cm³/mol. The molecule has 0 aromatic heterocycles. The molecule has 33 heavy (non-hydrogen) atoms. The quantitative estimate of drug-likeness (QED) is 0.290.